The van der Waals surface area contributed by atoms with E-state index >= 15 is 0 Å². The van der Waals surface area contributed by atoms with E-state index in [0.717, 1.165) is 24.8 Å². The van der Waals surface area contributed by atoms with Crippen molar-refractivity contribution in [3.8, 4) is 11.5 Å². The maximum Gasteiger partial charge on any atom is 0.241 e. The van der Waals surface area contributed by atoms with Gasteiger partial charge < -0.3 is 9.47 Å². The maximum atomic E-state index is 13.0. The van der Waals surface area contributed by atoms with E-state index in [1.54, 1.807) is 24.3 Å². The van der Waals surface area contributed by atoms with Crippen LogP contribution in [0.25, 0.3) is 0 Å². The molecule has 0 bridgehead atoms. The van der Waals surface area contributed by atoms with Crippen LogP contribution in [-0.2, 0) is 10.0 Å². The molecule has 0 spiro atoms. The molecular weight excluding hydrogens is 374 g/mol. The van der Waals surface area contributed by atoms with E-state index < -0.39 is 10.0 Å². The molecule has 0 amide bonds. The second-order valence-electron chi connectivity index (χ2n) is 6.65. The molecule has 5 nitrogen and oxygen atoms in total. The summed E-state index contributed by atoms with van der Waals surface area (Å²) in [7, 11) is -3.69. The monoisotopic (exact) mass is 393 g/mol. The van der Waals surface area contributed by atoms with E-state index in [1.807, 2.05) is 12.1 Å². The van der Waals surface area contributed by atoms with Crippen LogP contribution in [-0.4, -0.2) is 21.6 Å². The average Bonchev–Trinajstić information content (AvgIpc) is 3.47. The topological polar surface area (TPSA) is 64.6 Å². The summed E-state index contributed by atoms with van der Waals surface area (Å²) in [6.45, 7) is 1.08. The number of hydrogen-bond donors (Lipinski definition) is 1. The van der Waals surface area contributed by atoms with E-state index in [1.165, 1.54) is 6.07 Å². The van der Waals surface area contributed by atoms with Gasteiger partial charge in [0.25, 0.3) is 0 Å². The molecule has 0 aromatic heterocycles. The van der Waals surface area contributed by atoms with Crippen molar-refractivity contribution in [1.82, 2.24) is 4.72 Å². The third kappa shape index (κ3) is 3.82. The molecule has 138 valence electrons. The second-order valence-corrected chi connectivity index (χ2v) is 8.80. The van der Waals surface area contributed by atoms with E-state index in [2.05, 4.69) is 4.72 Å². The number of sulfonamides is 1. The van der Waals surface area contributed by atoms with Crippen molar-refractivity contribution < 1.29 is 17.9 Å². The van der Waals surface area contributed by atoms with E-state index in [-0.39, 0.29) is 10.9 Å². The lowest BCUT2D eigenvalue weighted by atomic mass is 10.0. The third-order valence-corrected chi connectivity index (χ3v) is 6.32. The fourth-order valence-corrected chi connectivity index (χ4v) is 4.52. The van der Waals surface area contributed by atoms with Crippen LogP contribution in [0.1, 0.15) is 30.9 Å². The highest BCUT2D eigenvalue weighted by Gasteiger charge is 2.35. The molecule has 4 rings (SSSR count). The summed E-state index contributed by atoms with van der Waals surface area (Å²) < 4.78 is 40.0. The summed E-state index contributed by atoms with van der Waals surface area (Å²) in [5, 5.41) is 0.633. The Kier molecular flexibility index (Phi) is 4.82. The molecule has 0 saturated heterocycles. The molecule has 2 aliphatic rings. The van der Waals surface area contributed by atoms with Crippen molar-refractivity contribution in [1.29, 1.82) is 0 Å². The lowest BCUT2D eigenvalue weighted by Crippen LogP contribution is -2.30. The van der Waals surface area contributed by atoms with Gasteiger partial charge in [0.2, 0.25) is 10.0 Å². The van der Waals surface area contributed by atoms with Crippen LogP contribution in [0, 0.1) is 5.92 Å². The highest BCUT2D eigenvalue weighted by molar-refractivity contribution is 7.89. The zero-order valence-corrected chi connectivity index (χ0v) is 15.7. The van der Waals surface area contributed by atoms with Gasteiger partial charge in [-0.15, -0.1) is 0 Å². The van der Waals surface area contributed by atoms with Gasteiger partial charge in [0.15, 0.2) is 11.5 Å². The second kappa shape index (κ2) is 7.10. The zero-order chi connectivity index (χ0) is 18.1. The van der Waals surface area contributed by atoms with Crippen molar-refractivity contribution >= 4 is 21.6 Å². The van der Waals surface area contributed by atoms with Crippen molar-refractivity contribution in [2.45, 2.75) is 30.2 Å². The smallest absolute Gasteiger partial charge is 0.241 e. The number of ether oxygens (including phenoxy) is 2. The quantitative estimate of drug-likeness (QED) is 0.835. The first-order valence-corrected chi connectivity index (χ1v) is 10.6. The van der Waals surface area contributed by atoms with Gasteiger partial charge in [-0.05, 0) is 48.6 Å². The summed E-state index contributed by atoms with van der Waals surface area (Å²) in [6, 6.07) is 11.8. The van der Waals surface area contributed by atoms with Gasteiger partial charge in [-0.25, -0.2) is 13.1 Å². The van der Waals surface area contributed by atoms with Gasteiger partial charge in [0.05, 0.1) is 18.1 Å². The van der Waals surface area contributed by atoms with E-state index in [9.17, 15) is 8.42 Å². The molecule has 1 aliphatic heterocycles. The lowest BCUT2D eigenvalue weighted by molar-refractivity contribution is 0.297. The van der Waals surface area contributed by atoms with Crippen molar-refractivity contribution in [3.05, 3.63) is 53.1 Å². The Morgan fingerprint density at radius 3 is 2.38 bits per heavy atom. The van der Waals surface area contributed by atoms with Crippen LogP contribution >= 0.6 is 11.6 Å². The van der Waals surface area contributed by atoms with Crippen LogP contribution in [0.3, 0.4) is 0 Å². The van der Waals surface area contributed by atoms with Gasteiger partial charge in [0, 0.05) is 23.6 Å². The third-order valence-electron chi connectivity index (χ3n) is 4.63. The van der Waals surface area contributed by atoms with Crippen molar-refractivity contribution in [2.75, 3.05) is 13.2 Å². The van der Waals surface area contributed by atoms with Crippen LogP contribution in [0.2, 0.25) is 5.02 Å². The van der Waals surface area contributed by atoms with Gasteiger partial charge in [-0.1, -0.05) is 23.7 Å². The van der Waals surface area contributed by atoms with Crippen LogP contribution in [0.5, 0.6) is 11.5 Å². The molecular formula is C19H20ClNO4S. The minimum Gasteiger partial charge on any atom is -0.490 e. The molecule has 1 N–H and O–H groups in total. The van der Waals surface area contributed by atoms with E-state index in [0.29, 0.717) is 35.7 Å². The standard InChI is InChI=1S/C19H20ClNO4S/c20-15-6-4-14(5-7-15)19(13-2-3-13)21-26(22,23)16-8-9-17-18(12-16)25-11-1-10-24-17/h4-9,12-13,19,21H,1-3,10-11H2/t19-/m1/s1. The van der Waals surface area contributed by atoms with Crippen molar-refractivity contribution in [3.63, 3.8) is 0 Å². The maximum absolute atomic E-state index is 13.0. The Labute approximate surface area is 158 Å². The number of hydrogen-bond acceptors (Lipinski definition) is 4. The van der Waals surface area contributed by atoms with Crippen LogP contribution < -0.4 is 14.2 Å². The molecule has 0 radical (unpaired) electrons. The predicted molar refractivity (Wildman–Crippen MR) is 99.3 cm³/mol. The Hall–Kier alpha value is -1.76. The molecule has 0 unspecified atom stereocenters. The molecule has 26 heavy (non-hydrogen) atoms. The van der Waals surface area contributed by atoms with E-state index in [4.69, 9.17) is 21.1 Å². The normalized spacial score (nSPS) is 18.2. The highest BCUT2D eigenvalue weighted by Crippen LogP contribution is 2.42. The number of rotatable bonds is 5. The number of nitrogens with one attached hydrogen (secondary N) is 1. The predicted octanol–water partition coefficient (Wildman–Crippen LogP) is 3.93. The summed E-state index contributed by atoms with van der Waals surface area (Å²) in [6.07, 6.45) is 2.79. The number of halogens is 1. The molecule has 1 heterocycles. The molecule has 2 aromatic rings. The molecule has 7 heteroatoms. The molecule has 1 atom stereocenters. The van der Waals surface area contributed by atoms with Gasteiger partial charge in [0.1, 0.15) is 0 Å². The molecule has 2 aromatic carbocycles. The van der Waals surface area contributed by atoms with Gasteiger partial charge in [-0.3, -0.25) is 0 Å². The molecule has 1 fully saturated rings. The van der Waals surface area contributed by atoms with Crippen LogP contribution in [0.4, 0.5) is 0 Å². The summed E-state index contributed by atoms with van der Waals surface area (Å²) in [4.78, 5) is 0.182. The Bertz CT molecular complexity index is 894. The molecule has 1 saturated carbocycles. The largest absolute Gasteiger partial charge is 0.490 e. The minimum atomic E-state index is -3.69. The Morgan fingerprint density at radius 1 is 1.00 bits per heavy atom. The number of benzene rings is 2. The Balaban J connectivity index is 1.61. The summed E-state index contributed by atoms with van der Waals surface area (Å²) >= 11 is 5.96. The Morgan fingerprint density at radius 2 is 1.69 bits per heavy atom. The molecule has 1 aliphatic carbocycles. The number of fused-ring (bicyclic) bond motifs is 1. The first-order chi connectivity index (χ1) is 12.5. The first kappa shape index (κ1) is 17.6. The summed E-state index contributed by atoms with van der Waals surface area (Å²) in [5.74, 6) is 1.36. The lowest BCUT2D eigenvalue weighted by Gasteiger charge is -2.19. The summed E-state index contributed by atoms with van der Waals surface area (Å²) in [5.41, 5.74) is 0.926. The average molecular weight is 394 g/mol. The van der Waals surface area contributed by atoms with Gasteiger partial charge >= 0.3 is 0 Å². The fourth-order valence-electron chi connectivity index (χ4n) is 3.08. The zero-order valence-electron chi connectivity index (χ0n) is 14.2. The van der Waals surface area contributed by atoms with Gasteiger partial charge in [-0.2, -0.15) is 0 Å². The fraction of sp³-hybridized carbons (Fsp3) is 0.368. The SMILES string of the molecule is O=S(=O)(N[C@@H](c1ccc(Cl)cc1)C1CC1)c1ccc2c(c1)OCCCO2. The first-order valence-electron chi connectivity index (χ1n) is 8.70. The van der Waals surface area contributed by atoms with Crippen molar-refractivity contribution in [2.24, 2.45) is 5.92 Å². The highest BCUT2D eigenvalue weighted by atomic mass is 35.5. The van der Waals surface area contributed by atoms with Crippen LogP contribution in [0.15, 0.2) is 47.4 Å². The minimum absolute atomic E-state index is 0.182.